The van der Waals surface area contributed by atoms with Crippen molar-refractivity contribution in [3.63, 3.8) is 0 Å². The molecule has 4 heavy (non-hydrogen) atoms. The van der Waals surface area contributed by atoms with Gasteiger partial charge in [-0.25, -0.2) is 6.57 Å². The van der Waals surface area contributed by atoms with Gasteiger partial charge in [0.15, 0.2) is 0 Å². The Morgan fingerprint density at radius 1 is 2.00 bits per heavy atom. The van der Waals surface area contributed by atoms with E-state index in [1.807, 2.05) is 0 Å². The second kappa shape index (κ2) is 2.84. The Labute approximate surface area is 30.9 Å². The van der Waals surface area contributed by atoms with Gasteiger partial charge in [0, 0.05) is 0 Å². The van der Waals surface area contributed by atoms with Crippen LogP contribution in [0, 0.1) is 6.57 Å². The van der Waals surface area contributed by atoms with E-state index in [0.717, 1.165) is 0 Å². The summed E-state index contributed by atoms with van der Waals surface area (Å²) < 4.78 is 0. The van der Waals surface area contributed by atoms with E-state index in [1.165, 1.54) is 0 Å². The van der Waals surface area contributed by atoms with Gasteiger partial charge in [0.2, 0.25) is 0 Å². The molecule has 0 aromatic rings. The lowest BCUT2D eigenvalue weighted by atomic mass is 11.5. The van der Waals surface area contributed by atoms with Crippen LogP contribution in [0.25, 0.3) is 4.85 Å². The molecule has 0 amide bonds. The molecule has 0 aliphatic rings. The monoisotopic (exact) mass is 73.0 g/mol. The van der Waals surface area contributed by atoms with Crippen molar-refractivity contribution in [2.75, 3.05) is 5.88 Å². The molecule has 22 valence electrons. The number of thiol groups is 1. The van der Waals surface area contributed by atoms with Crippen LogP contribution in [0.15, 0.2) is 0 Å². The maximum absolute atomic E-state index is 6.00. The van der Waals surface area contributed by atoms with Crippen LogP contribution in [-0.2, 0) is 0 Å². The first kappa shape index (κ1) is 3.84. The van der Waals surface area contributed by atoms with Crippen molar-refractivity contribution in [3.8, 4) is 0 Å². The van der Waals surface area contributed by atoms with E-state index in [1.54, 1.807) is 0 Å². The van der Waals surface area contributed by atoms with Gasteiger partial charge in [-0.15, -0.1) is 0 Å². The fourth-order valence-corrected chi connectivity index (χ4v) is 0. The molecule has 2 heteroatoms. The molecule has 0 unspecified atom stereocenters. The molecule has 0 radical (unpaired) electrons. The fraction of sp³-hybridized carbons (Fsp3) is 0.500. The van der Waals surface area contributed by atoms with Crippen LogP contribution in [0.4, 0.5) is 0 Å². The maximum Gasteiger partial charge on any atom is 0.257 e. The first-order chi connectivity index (χ1) is 1.91. The van der Waals surface area contributed by atoms with Crippen molar-refractivity contribution >= 4 is 12.6 Å². The van der Waals surface area contributed by atoms with Gasteiger partial charge in [-0.1, -0.05) is 12.6 Å². The molecule has 0 spiro atoms. The molecule has 0 aromatic heterocycles. The molecule has 0 saturated carbocycles. The largest absolute Gasteiger partial charge is 0.305 e. The zero-order chi connectivity index (χ0) is 3.41. The predicted octanol–water partition coefficient (Wildman–Crippen LogP) is 0.793. The number of nitrogens with zero attached hydrogens (tertiary/aromatic N) is 1. The highest BCUT2D eigenvalue weighted by Crippen LogP contribution is 1.66. The van der Waals surface area contributed by atoms with Gasteiger partial charge < -0.3 is 4.85 Å². The first-order valence-electron chi connectivity index (χ1n) is 0.856. The minimum Gasteiger partial charge on any atom is -0.305 e. The van der Waals surface area contributed by atoms with Crippen molar-refractivity contribution < 1.29 is 0 Å². The summed E-state index contributed by atoms with van der Waals surface area (Å²) in [5.41, 5.74) is 0. The molecule has 0 aliphatic heterocycles. The summed E-state index contributed by atoms with van der Waals surface area (Å²) in [6.07, 6.45) is 0. The van der Waals surface area contributed by atoms with Crippen molar-refractivity contribution in [2.45, 2.75) is 0 Å². The molecular formula is C2H3NS. The summed E-state index contributed by atoms with van der Waals surface area (Å²) >= 11 is 3.57. The summed E-state index contributed by atoms with van der Waals surface area (Å²) in [4.78, 5) is 2.85. The van der Waals surface area contributed by atoms with E-state index in [4.69, 9.17) is 6.57 Å². The van der Waals surface area contributed by atoms with Crippen molar-refractivity contribution in [2.24, 2.45) is 0 Å². The maximum atomic E-state index is 6.00. The van der Waals surface area contributed by atoms with E-state index in [0.29, 0.717) is 5.88 Å². The van der Waals surface area contributed by atoms with Crippen molar-refractivity contribution in [1.82, 2.24) is 0 Å². The van der Waals surface area contributed by atoms with Gasteiger partial charge in [-0.2, -0.15) is 0 Å². The van der Waals surface area contributed by atoms with Gasteiger partial charge in [-0.3, -0.25) is 0 Å². The van der Waals surface area contributed by atoms with E-state index in [2.05, 4.69) is 17.5 Å². The van der Waals surface area contributed by atoms with Crippen LogP contribution >= 0.6 is 12.6 Å². The Morgan fingerprint density at radius 3 is 2.25 bits per heavy atom. The predicted molar refractivity (Wildman–Crippen MR) is 20.5 cm³/mol. The van der Waals surface area contributed by atoms with E-state index in [9.17, 15) is 0 Å². The Bertz CT molecular complexity index is 35.8. The smallest absolute Gasteiger partial charge is 0.257 e. The average Bonchev–Trinajstić information content (AvgIpc) is 1.37. The standard InChI is InChI=1S/C2H3NS/c1-3-2-4/h4H,2H2. The summed E-state index contributed by atoms with van der Waals surface area (Å²) in [5.74, 6) is 0.306. The van der Waals surface area contributed by atoms with Gasteiger partial charge in [0.05, 0.1) is 0 Å². The van der Waals surface area contributed by atoms with Crippen LogP contribution in [0.5, 0.6) is 0 Å². The Morgan fingerprint density at radius 2 is 2.25 bits per heavy atom. The third-order valence-corrected chi connectivity index (χ3v) is 0.212. The van der Waals surface area contributed by atoms with E-state index in [-0.39, 0.29) is 0 Å². The Hall–Kier alpha value is -0.160. The van der Waals surface area contributed by atoms with E-state index >= 15 is 0 Å². The minimum atomic E-state index is 0.306. The normalized spacial score (nSPS) is 5.00. The van der Waals surface area contributed by atoms with Gasteiger partial charge >= 0.3 is 0 Å². The summed E-state index contributed by atoms with van der Waals surface area (Å²) in [5, 5.41) is 0. The van der Waals surface area contributed by atoms with Crippen LogP contribution in [0.3, 0.4) is 0 Å². The van der Waals surface area contributed by atoms with Gasteiger partial charge in [-0.05, 0) is 0 Å². The number of rotatable bonds is 0. The highest BCUT2D eigenvalue weighted by Gasteiger charge is 1.50. The lowest BCUT2D eigenvalue weighted by molar-refractivity contribution is 1.82. The molecule has 0 aromatic carbocycles. The first-order valence-corrected chi connectivity index (χ1v) is 1.49. The molecule has 0 bridgehead atoms. The minimum absolute atomic E-state index is 0.306. The fourth-order valence-electron chi connectivity index (χ4n) is 0. The molecule has 0 heterocycles. The summed E-state index contributed by atoms with van der Waals surface area (Å²) in [6.45, 7) is 6.00. The number of hydrogen-bond donors (Lipinski definition) is 1. The summed E-state index contributed by atoms with van der Waals surface area (Å²) in [7, 11) is 0. The lowest BCUT2D eigenvalue weighted by Crippen LogP contribution is -1.39. The van der Waals surface area contributed by atoms with Gasteiger partial charge in [0.25, 0.3) is 5.88 Å². The Kier molecular flexibility index (Phi) is 2.73. The molecule has 0 atom stereocenters. The highest BCUT2D eigenvalue weighted by molar-refractivity contribution is 7.80. The van der Waals surface area contributed by atoms with Crippen LogP contribution in [-0.4, -0.2) is 5.88 Å². The lowest BCUT2D eigenvalue weighted by Gasteiger charge is -1.51. The topological polar surface area (TPSA) is 4.36 Å². The Balaban J connectivity index is 2.43. The molecule has 0 N–H and O–H groups in total. The molecular weight excluding hydrogens is 70.1 g/mol. The molecule has 0 saturated heterocycles. The second-order valence-electron chi connectivity index (χ2n) is 0.300. The highest BCUT2D eigenvalue weighted by atomic mass is 32.1. The van der Waals surface area contributed by atoms with Gasteiger partial charge in [0.1, 0.15) is 0 Å². The quantitative estimate of drug-likeness (QED) is 0.319. The van der Waals surface area contributed by atoms with E-state index < -0.39 is 0 Å². The molecule has 0 rings (SSSR count). The SMILES string of the molecule is [C-]#[N+]CS. The second-order valence-corrected chi connectivity index (χ2v) is 0.582. The van der Waals surface area contributed by atoms with Crippen LogP contribution < -0.4 is 0 Å². The van der Waals surface area contributed by atoms with Crippen molar-refractivity contribution in [1.29, 1.82) is 0 Å². The third-order valence-electron chi connectivity index (χ3n) is 0.0707. The summed E-state index contributed by atoms with van der Waals surface area (Å²) in [6, 6.07) is 0. The molecule has 0 fully saturated rings. The third kappa shape index (κ3) is 1.84. The average molecular weight is 73.1 g/mol. The molecule has 0 aliphatic carbocycles. The molecule has 1 nitrogen and oxygen atoms in total. The zero-order valence-electron chi connectivity index (χ0n) is 2.10. The number of hydrogen-bond acceptors (Lipinski definition) is 1. The van der Waals surface area contributed by atoms with Crippen LogP contribution in [0.1, 0.15) is 0 Å². The van der Waals surface area contributed by atoms with Crippen molar-refractivity contribution in [3.05, 3.63) is 11.4 Å². The van der Waals surface area contributed by atoms with Crippen LogP contribution in [0.2, 0.25) is 0 Å². The zero-order valence-corrected chi connectivity index (χ0v) is 3.00.